The summed E-state index contributed by atoms with van der Waals surface area (Å²) < 4.78 is 6.55. The van der Waals surface area contributed by atoms with E-state index in [-0.39, 0.29) is 0 Å². The van der Waals surface area contributed by atoms with Crippen LogP contribution < -0.4 is 5.32 Å². The molecule has 0 amide bonds. The van der Waals surface area contributed by atoms with E-state index in [2.05, 4.69) is 40.1 Å². The Kier molecular flexibility index (Phi) is 6.52. The van der Waals surface area contributed by atoms with E-state index >= 15 is 0 Å². The van der Waals surface area contributed by atoms with Gasteiger partial charge in [0.2, 0.25) is 0 Å². The third-order valence-corrected chi connectivity index (χ3v) is 3.08. The highest BCUT2D eigenvalue weighted by Crippen LogP contribution is 2.15. The molecule has 0 bridgehead atoms. The lowest BCUT2D eigenvalue weighted by atomic mass is 10.2. The lowest BCUT2D eigenvalue weighted by Gasteiger charge is -2.08. The molecule has 0 unspecified atom stereocenters. The van der Waals surface area contributed by atoms with E-state index < -0.39 is 0 Å². The molecule has 1 heterocycles. The Morgan fingerprint density at radius 1 is 1.41 bits per heavy atom. The first-order valence-electron chi connectivity index (χ1n) is 6.04. The van der Waals surface area contributed by atoms with E-state index in [4.69, 9.17) is 4.74 Å². The van der Waals surface area contributed by atoms with Crippen LogP contribution in [0.3, 0.4) is 0 Å². The van der Waals surface area contributed by atoms with Gasteiger partial charge in [-0.2, -0.15) is 0 Å². The molecule has 0 aromatic carbocycles. The number of nitrogens with one attached hydrogen (secondary N) is 1. The highest BCUT2D eigenvalue weighted by atomic mass is 79.9. The van der Waals surface area contributed by atoms with Gasteiger partial charge in [0.1, 0.15) is 5.82 Å². The lowest BCUT2D eigenvalue weighted by molar-refractivity contribution is 0.110. The number of rotatable bonds is 7. The summed E-state index contributed by atoms with van der Waals surface area (Å²) in [4.78, 5) is 4.42. The largest absolute Gasteiger partial charge is 0.381 e. The zero-order valence-corrected chi connectivity index (χ0v) is 12.4. The SMILES string of the molecule is Cc1nc(NCCCOCC(C)C)ccc1Br. The molecule has 0 aliphatic carbocycles. The smallest absolute Gasteiger partial charge is 0.126 e. The number of anilines is 1. The van der Waals surface area contributed by atoms with Gasteiger partial charge < -0.3 is 10.1 Å². The summed E-state index contributed by atoms with van der Waals surface area (Å²) in [5.41, 5.74) is 1.01. The van der Waals surface area contributed by atoms with Crippen LogP contribution in [0.2, 0.25) is 0 Å². The normalized spacial score (nSPS) is 10.9. The van der Waals surface area contributed by atoms with Crippen molar-refractivity contribution < 1.29 is 4.74 Å². The summed E-state index contributed by atoms with van der Waals surface area (Å²) in [6, 6.07) is 3.99. The predicted molar refractivity (Wildman–Crippen MR) is 75.4 cm³/mol. The van der Waals surface area contributed by atoms with Crippen molar-refractivity contribution in [2.24, 2.45) is 5.92 Å². The molecular weight excluding hydrogens is 280 g/mol. The fraction of sp³-hybridized carbons (Fsp3) is 0.615. The third-order valence-electron chi connectivity index (χ3n) is 2.24. The molecule has 0 radical (unpaired) electrons. The Balaban J connectivity index is 2.16. The van der Waals surface area contributed by atoms with Crippen LogP contribution in [0.5, 0.6) is 0 Å². The average Bonchev–Trinajstić information content (AvgIpc) is 2.27. The molecule has 0 saturated carbocycles. The minimum atomic E-state index is 0.610. The van der Waals surface area contributed by atoms with Crippen molar-refractivity contribution in [2.75, 3.05) is 25.1 Å². The van der Waals surface area contributed by atoms with Gasteiger partial charge in [-0.05, 0) is 47.3 Å². The quantitative estimate of drug-likeness (QED) is 0.781. The van der Waals surface area contributed by atoms with Gasteiger partial charge in [-0.15, -0.1) is 0 Å². The van der Waals surface area contributed by atoms with Crippen LogP contribution in [0.25, 0.3) is 0 Å². The number of hydrogen-bond donors (Lipinski definition) is 1. The van der Waals surface area contributed by atoms with Crippen molar-refractivity contribution in [1.29, 1.82) is 0 Å². The number of nitrogens with zero attached hydrogens (tertiary/aromatic N) is 1. The second kappa shape index (κ2) is 7.67. The van der Waals surface area contributed by atoms with E-state index in [1.54, 1.807) is 0 Å². The van der Waals surface area contributed by atoms with E-state index in [1.165, 1.54) is 0 Å². The molecule has 4 heteroatoms. The van der Waals surface area contributed by atoms with Gasteiger partial charge in [-0.3, -0.25) is 0 Å². The van der Waals surface area contributed by atoms with Gasteiger partial charge in [-0.1, -0.05) is 13.8 Å². The van der Waals surface area contributed by atoms with Crippen molar-refractivity contribution >= 4 is 21.7 Å². The molecule has 0 aliphatic rings. The van der Waals surface area contributed by atoms with Crippen molar-refractivity contribution in [2.45, 2.75) is 27.2 Å². The van der Waals surface area contributed by atoms with Crippen molar-refractivity contribution in [3.63, 3.8) is 0 Å². The first kappa shape index (κ1) is 14.5. The summed E-state index contributed by atoms with van der Waals surface area (Å²) in [7, 11) is 0. The Morgan fingerprint density at radius 2 is 2.18 bits per heavy atom. The number of aryl methyl sites for hydroxylation is 1. The Morgan fingerprint density at radius 3 is 2.82 bits per heavy atom. The molecule has 0 aliphatic heterocycles. The first-order valence-corrected chi connectivity index (χ1v) is 6.83. The number of pyridine rings is 1. The second-order valence-electron chi connectivity index (χ2n) is 4.51. The molecular formula is C13H21BrN2O. The Bertz CT molecular complexity index is 342. The van der Waals surface area contributed by atoms with Gasteiger partial charge in [0.05, 0.1) is 5.69 Å². The van der Waals surface area contributed by atoms with Crippen molar-refractivity contribution in [1.82, 2.24) is 4.98 Å². The molecule has 3 nitrogen and oxygen atoms in total. The van der Waals surface area contributed by atoms with E-state index in [0.717, 1.165) is 42.2 Å². The number of hydrogen-bond acceptors (Lipinski definition) is 3. The monoisotopic (exact) mass is 300 g/mol. The molecule has 0 atom stereocenters. The molecule has 17 heavy (non-hydrogen) atoms. The Labute approximate surface area is 112 Å². The average molecular weight is 301 g/mol. The molecule has 1 aromatic rings. The Hall–Kier alpha value is -0.610. The van der Waals surface area contributed by atoms with Crippen molar-refractivity contribution in [3.05, 3.63) is 22.3 Å². The topological polar surface area (TPSA) is 34.2 Å². The molecule has 1 rings (SSSR count). The van der Waals surface area contributed by atoms with Crippen LogP contribution in [0.1, 0.15) is 26.0 Å². The van der Waals surface area contributed by atoms with Crippen LogP contribution in [0.4, 0.5) is 5.82 Å². The maximum atomic E-state index is 5.51. The summed E-state index contributed by atoms with van der Waals surface area (Å²) in [5, 5.41) is 3.29. The lowest BCUT2D eigenvalue weighted by Crippen LogP contribution is -2.09. The van der Waals surface area contributed by atoms with E-state index in [0.29, 0.717) is 5.92 Å². The van der Waals surface area contributed by atoms with Crippen molar-refractivity contribution in [3.8, 4) is 0 Å². The maximum Gasteiger partial charge on any atom is 0.126 e. The van der Waals surface area contributed by atoms with Gasteiger partial charge >= 0.3 is 0 Å². The summed E-state index contributed by atoms with van der Waals surface area (Å²) >= 11 is 3.43. The van der Waals surface area contributed by atoms with Gasteiger partial charge in [0, 0.05) is 24.2 Å². The molecule has 0 fully saturated rings. The van der Waals surface area contributed by atoms with Crippen LogP contribution in [-0.2, 0) is 4.74 Å². The first-order chi connectivity index (χ1) is 8.09. The summed E-state index contributed by atoms with van der Waals surface area (Å²) in [6.45, 7) is 8.85. The molecule has 0 spiro atoms. The number of ether oxygens (including phenoxy) is 1. The highest BCUT2D eigenvalue weighted by Gasteiger charge is 1.98. The van der Waals surface area contributed by atoms with E-state index in [9.17, 15) is 0 Å². The fourth-order valence-electron chi connectivity index (χ4n) is 1.35. The number of aromatic nitrogens is 1. The molecule has 0 saturated heterocycles. The summed E-state index contributed by atoms with van der Waals surface area (Å²) in [5.74, 6) is 1.54. The van der Waals surface area contributed by atoms with Crippen LogP contribution in [0, 0.1) is 12.8 Å². The van der Waals surface area contributed by atoms with Gasteiger partial charge in [0.25, 0.3) is 0 Å². The van der Waals surface area contributed by atoms with Crippen LogP contribution >= 0.6 is 15.9 Å². The highest BCUT2D eigenvalue weighted by molar-refractivity contribution is 9.10. The van der Waals surface area contributed by atoms with E-state index in [1.807, 2.05) is 19.1 Å². The second-order valence-corrected chi connectivity index (χ2v) is 5.37. The summed E-state index contributed by atoms with van der Waals surface area (Å²) in [6.07, 6.45) is 1.00. The molecule has 1 aromatic heterocycles. The minimum Gasteiger partial charge on any atom is -0.381 e. The fourth-order valence-corrected chi connectivity index (χ4v) is 1.57. The standard InChI is InChI=1S/C13H21BrN2O/c1-10(2)9-17-8-4-7-15-13-6-5-12(14)11(3)16-13/h5-6,10H,4,7-9H2,1-3H3,(H,15,16). The number of halogens is 1. The minimum absolute atomic E-state index is 0.610. The molecule has 96 valence electrons. The predicted octanol–water partition coefficient (Wildman–Crippen LogP) is 3.63. The van der Waals surface area contributed by atoms with Crippen LogP contribution in [-0.4, -0.2) is 24.7 Å². The van der Waals surface area contributed by atoms with Gasteiger partial charge in [-0.25, -0.2) is 4.98 Å². The zero-order chi connectivity index (χ0) is 12.7. The van der Waals surface area contributed by atoms with Crippen LogP contribution in [0.15, 0.2) is 16.6 Å². The van der Waals surface area contributed by atoms with Gasteiger partial charge in [0.15, 0.2) is 0 Å². The molecule has 1 N–H and O–H groups in total. The zero-order valence-electron chi connectivity index (χ0n) is 10.8. The maximum absolute atomic E-state index is 5.51. The third kappa shape index (κ3) is 6.03.